The third kappa shape index (κ3) is 4.44. The van der Waals surface area contributed by atoms with E-state index < -0.39 is 19.3 Å². The lowest BCUT2D eigenvalue weighted by molar-refractivity contribution is -0.144. The van der Waals surface area contributed by atoms with Crippen LogP contribution >= 0.6 is 7.37 Å². The number of carbonyl (C=O) groups excluding carboxylic acids is 1. The zero-order valence-electron chi connectivity index (χ0n) is 18.0. The predicted molar refractivity (Wildman–Crippen MR) is 127 cm³/mol. The van der Waals surface area contributed by atoms with E-state index in [9.17, 15) is 9.36 Å². The van der Waals surface area contributed by atoms with E-state index in [0.717, 1.165) is 11.1 Å². The van der Waals surface area contributed by atoms with Crippen LogP contribution in [0.25, 0.3) is 11.5 Å². The lowest BCUT2D eigenvalue weighted by atomic mass is 10.1. The molecule has 0 aliphatic carbocycles. The molecule has 162 valence electrons. The number of methoxy groups -OCH3 is 1. The van der Waals surface area contributed by atoms with Gasteiger partial charge in [0.15, 0.2) is 5.76 Å². The van der Waals surface area contributed by atoms with Gasteiger partial charge in [0.25, 0.3) is 7.37 Å². The van der Waals surface area contributed by atoms with Crippen molar-refractivity contribution in [3.8, 4) is 0 Å². The van der Waals surface area contributed by atoms with Gasteiger partial charge in [0, 0.05) is 16.7 Å². The number of benzene rings is 3. The van der Waals surface area contributed by atoms with Gasteiger partial charge in [-0.2, -0.15) is 0 Å². The van der Waals surface area contributed by atoms with Crippen molar-refractivity contribution in [1.29, 1.82) is 0 Å². The van der Waals surface area contributed by atoms with E-state index in [1.165, 1.54) is 7.11 Å². The first-order chi connectivity index (χ1) is 15.5. The smallest absolute Gasteiger partial charge is 0.308 e. The first kappa shape index (κ1) is 21.8. The maximum atomic E-state index is 14.4. The molecule has 0 radical (unpaired) electrons. The number of carbonyl (C=O) groups is 1. The molecule has 0 amide bonds. The largest absolute Gasteiger partial charge is 0.469 e. The van der Waals surface area contributed by atoms with Crippen molar-refractivity contribution in [2.24, 2.45) is 10.9 Å². The topological polar surface area (TPSA) is 65.0 Å². The summed E-state index contributed by atoms with van der Waals surface area (Å²) in [7, 11) is -2.23. The van der Waals surface area contributed by atoms with Crippen LogP contribution in [0.4, 0.5) is 0 Å². The average molecular weight is 445 g/mol. The molecule has 0 saturated heterocycles. The standard InChI is InChI=1S/C26H24NO4P/c1-19(26(28)30-2)18-32(29)25(22-16-10-5-11-17-22)27-23(20-12-6-3-7-13-20)24(31-32)21-14-8-4-9-15-21/h3-17,19H,18H2,1-2H3/t19?,32-/m0/s1. The summed E-state index contributed by atoms with van der Waals surface area (Å²) < 4.78 is 25.6. The lowest BCUT2D eigenvalue weighted by Crippen LogP contribution is -2.22. The lowest BCUT2D eigenvalue weighted by Gasteiger charge is -2.30. The molecule has 3 aromatic rings. The molecule has 6 heteroatoms. The summed E-state index contributed by atoms with van der Waals surface area (Å²) in [6.07, 6.45) is -0.00813. The van der Waals surface area contributed by atoms with Gasteiger partial charge in [0.05, 0.1) is 19.2 Å². The second kappa shape index (κ2) is 9.37. The van der Waals surface area contributed by atoms with Crippen LogP contribution in [0.5, 0.6) is 0 Å². The van der Waals surface area contributed by atoms with E-state index in [1.54, 1.807) is 6.92 Å². The number of ether oxygens (including phenoxy) is 1. The molecule has 4 rings (SSSR count). The fraction of sp³-hybridized carbons (Fsp3) is 0.154. The fourth-order valence-corrected chi connectivity index (χ4v) is 6.13. The quantitative estimate of drug-likeness (QED) is 0.341. The Hall–Kier alpha value is -3.43. The number of nitrogens with zero attached hydrogens (tertiary/aromatic N) is 1. The van der Waals surface area contributed by atoms with Gasteiger partial charge < -0.3 is 9.26 Å². The fourth-order valence-electron chi connectivity index (χ4n) is 3.65. The second-order valence-electron chi connectivity index (χ2n) is 7.58. The summed E-state index contributed by atoms with van der Waals surface area (Å²) in [6.45, 7) is 1.69. The molecule has 0 aromatic heterocycles. The maximum Gasteiger partial charge on any atom is 0.308 e. The summed E-state index contributed by atoms with van der Waals surface area (Å²) in [4.78, 5) is 17.1. The van der Waals surface area contributed by atoms with Crippen LogP contribution in [0.15, 0.2) is 96.0 Å². The predicted octanol–water partition coefficient (Wildman–Crippen LogP) is 6.08. The van der Waals surface area contributed by atoms with Crippen molar-refractivity contribution in [3.05, 3.63) is 108 Å². The molecule has 1 heterocycles. The molecule has 0 saturated carbocycles. The molecular weight excluding hydrogens is 421 g/mol. The molecule has 0 N–H and O–H groups in total. The molecule has 1 aliphatic rings. The highest BCUT2D eigenvalue weighted by molar-refractivity contribution is 7.77. The molecule has 5 nitrogen and oxygen atoms in total. The highest BCUT2D eigenvalue weighted by atomic mass is 31.2. The van der Waals surface area contributed by atoms with Crippen molar-refractivity contribution < 1.29 is 18.6 Å². The SMILES string of the molecule is COC(=O)C(C)C[P@]1(=O)OC(c2ccccc2)=C(c2ccccc2)N=C1c1ccccc1. The van der Waals surface area contributed by atoms with Crippen LogP contribution in [0.2, 0.25) is 0 Å². The molecule has 0 spiro atoms. The van der Waals surface area contributed by atoms with Crippen LogP contribution in [0, 0.1) is 5.92 Å². The molecule has 3 aromatic carbocycles. The van der Waals surface area contributed by atoms with Crippen LogP contribution in [-0.2, 0) is 18.6 Å². The maximum absolute atomic E-state index is 14.4. The molecule has 0 bridgehead atoms. The minimum absolute atomic E-state index is 0.00813. The van der Waals surface area contributed by atoms with Gasteiger partial charge in [-0.3, -0.25) is 9.36 Å². The Bertz CT molecular complexity index is 1200. The minimum atomic E-state index is -3.56. The monoisotopic (exact) mass is 445 g/mol. The van der Waals surface area contributed by atoms with Gasteiger partial charge >= 0.3 is 5.97 Å². The number of hydrogen-bond donors (Lipinski definition) is 0. The number of hydrogen-bond acceptors (Lipinski definition) is 5. The normalized spacial score (nSPS) is 19.0. The minimum Gasteiger partial charge on any atom is -0.469 e. The molecule has 0 fully saturated rings. The Labute approximate surface area is 187 Å². The number of aliphatic imine (C=N–C) groups is 1. The molecule has 2 atom stereocenters. The van der Waals surface area contributed by atoms with E-state index in [4.69, 9.17) is 14.3 Å². The highest BCUT2D eigenvalue weighted by Crippen LogP contribution is 2.59. The van der Waals surface area contributed by atoms with E-state index >= 15 is 0 Å². The highest BCUT2D eigenvalue weighted by Gasteiger charge is 2.41. The Morgan fingerprint density at radius 3 is 1.91 bits per heavy atom. The van der Waals surface area contributed by atoms with Gasteiger partial charge in [-0.05, 0) is 0 Å². The van der Waals surface area contributed by atoms with E-state index in [-0.39, 0.29) is 6.16 Å². The van der Waals surface area contributed by atoms with Crippen molar-refractivity contribution in [2.75, 3.05) is 13.3 Å². The van der Waals surface area contributed by atoms with Gasteiger partial charge in [-0.15, -0.1) is 0 Å². The number of rotatable bonds is 6. The molecule has 1 aliphatic heterocycles. The zero-order valence-corrected chi connectivity index (χ0v) is 18.9. The van der Waals surface area contributed by atoms with Crippen LogP contribution in [0.3, 0.4) is 0 Å². The van der Waals surface area contributed by atoms with Gasteiger partial charge in [0.1, 0.15) is 11.1 Å². The average Bonchev–Trinajstić information content (AvgIpc) is 2.84. The van der Waals surface area contributed by atoms with Crippen LogP contribution in [-0.4, -0.2) is 24.7 Å². The van der Waals surface area contributed by atoms with Crippen LogP contribution < -0.4 is 0 Å². The van der Waals surface area contributed by atoms with Crippen LogP contribution in [0.1, 0.15) is 23.6 Å². The summed E-state index contributed by atoms with van der Waals surface area (Å²) in [6, 6.07) is 28.5. The third-order valence-corrected chi connectivity index (χ3v) is 7.74. The van der Waals surface area contributed by atoms with E-state index in [1.807, 2.05) is 91.0 Å². The van der Waals surface area contributed by atoms with Crippen molar-refractivity contribution in [1.82, 2.24) is 0 Å². The zero-order chi connectivity index (χ0) is 22.6. The van der Waals surface area contributed by atoms with Crippen molar-refractivity contribution in [3.63, 3.8) is 0 Å². The molecular formula is C26H24NO4P. The summed E-state index contributed by atoms with van der Waals surface area (Å²) in [5, 5.41) is 0. The summed E-state index contributed by atoms with van der Waals surface area (Å²) >= 11 is 0. The first-order valence-electron chi connectivity index (χ1n) is 10.4. The van der Waals surface area contributed by atoms with Gasteiger partial charge in [0.2, 0.25) is 0 Å². The summed E-state index contributed by atoms with van der Waals surface area (Å²) in [5.74, 6) is -0.609. The second-order valence-corrected chi connectivity index (χ2v) is 9.90. The molecule has 1 unspecified atom stereocenters. The van der Waals surface area contributed by atoms with Gasteiger partial charge in [-0.1, -0.05) is 97.9 Å². The Balaban J connectivity index is 1.93. The third-order valence-electron chi connectivity index (χ3n) is 5.23. The Kier molecular flexibility index (Phi) is 6.38. The van der Waals surface area contributed by atoms with E-state index in [0.29, 0.717) is 22.5 Å². The van der Waals surface area contributed by atoms with Crippen molar-refractivity contribution >= 4 is 30.2 Å². The Morgan fingerprint density at radius 2 is 1.38 bits per heavy atom. The number of esters is 1. The summed E-state index contributed by atoms with van der Waals surface area (Å²) in [5.41, 5.74) is 3.29. The first-order valence-corrected chi connectivity index (χ1v) is 12.2. The van der Waals surface area contributed by atoms with Gasteiger partial charge in [-0.25, -0.2) is 4.99 Å². The Morgan fingerprint density at radius 1 is 0.875 bits per heavy atom. The molecule has 32 heavy (non-hydrogen) atoms. The van der Waals surface area contributed by atoms with E-state index in [2.05, 4.69) is 0 Å². The van der Waals surface area contributed by atoms with Crippen molar-refractivity contribution in [2.45, 2.75) is 6.92 Å².